The molecular weight excluding hydrogens is 470 g/mol. The summed E-state index contributed by atoms with van der Waals surface area (Å²) in [6.07, 6.45) is 1.97. The Kier molecular flexibility index (Phi) is 11.1. The van der Waals surface area contributed by atoms with Crippen LogP contribution in [-0.2, 0) is 13.2 Å². The Labute approximate surface area is 221 Å². The number of amides is 2. The molecule has 0 aliphatic carbocycles. The molecule has 0 radical (unpaired) electrons. The lowest BCUT2D eigenvalue weighted by atomic mass is 10.1. The minimum atomic E-state index is -0.128. The second-order valence-electron chi connectivity index (χ2n) is 9.00. The van der Waals surface area contributed by atoms with Crippen molar-refractivity contribution in [2.75, 3.05) is 25.0 Å². The van der Waals surface area contributed by atoms with Gasteiger partial charge in [0.05, 0.1) is 0 Å². The molecule has 36 heavy (non-hydrogen) atoms. The van der Waals surface area contributed by atoms with Gasteiger partial charge in [0.2, 0.25) is 0 Å². The highest BCUT2D eigenvalue weighted by atomic mass is 35.5. The van der Waals surface area contributed by atoms with E-state index >= 15 is 0 Å². The maximum Gasteiger partial charge on any atom is 0.322 e. The van der Waals surface area contributed by atoms with Gasteiger partial charge in [0.15, 0.2) is 0 Å². The summed E-state index contributed by atoms with van der Waals surface area (Å²) in [4.78, 5) is 17.7. The molecule has 3 aromatic carbocycles. The number of ether oxygens (including phenoxy) is 1. The molecule has 1 N–H and O–H groups in total. The van der Waals surface area contributed by atoms with Gasteiger partial charge in [0.1, 0.15) is 12.4 Å². The lowest BCUT2D eigenvalue weighted by molar-refractivity contribution is 0.181. The molecule has 0 bridgehead atoms. The third-order valence-electron chi connectivity index (χ3n) is 6.38. The summed E-state index contributed by atoms with van der Waals surface area (Å²) in [5, 5.41) is 3.62. The van der Waals surface area contributed by atoms with E-state index < -0.39 is 0 Å². The molecule has 1 unspecified atom stereocenters. The highest BCUT2D eigenvalue weighted by Crippen LogP contribution is 2.20. The molecule has 0 aliphatic heterocycles. The third kappa shape index (κ3) is 8.89. The fraction of sp³-hybridized carbons (Fsp3) is 0.367. The highest BCUT2D eigenvalue weighted by Gasteiger charge is 2.21. The quantitative estimate of drug-likeness (QED) is 0.261. The number of carbonyl (C=O) groups excluding carboxylic acids is 1. The van der Waals surface area contributed by atoms with Crippen LogP contribution in [-0.4, -0.2) is 41.5 Å². The zero-order valence-corrected chi connectivity index (χ0v) is 22.4. The summed E-state index contributed by atoms with van der Waals surface area (Å²) >= 11 is 6.12. The Morgan fingerprint density at radius 3 is 2.33 bits per heavy atom. The van der Waals surface area contributed by atoms with Crippen molar-refractivity contribution < 1.29 is 9.53 Å². The minimum Gasteiger partial charge on any atom is -0.489 e. The number of carbonyl (C=O) groups is 1. The molecular formula is C30H38ClN3O2. The monoisotopic (exact) mass is 507 g/mol. The van der Waals surface area contributed by atoms with Crippen molar-refractivity contribution in [1.29, 1.82) is 0 Å². The normalized spacial score (nSPS) is 11.8. The average molecular weight is 508 g/mol. The molecule has 0 spiro atoms. The van der Waals surface area contributed by atoms with Crippen molar-refractivity contribution in [2.45, 2.75) is 52.8 Å². The summed E-state index contributed by atoms with van der Waals surface area (Å²) in [6.45, 7) is 10.7. The maximum absolute atomic E-state index is 13.3. The molecule has 0 fully saturated rings. The zero-order chi connectivity index (χ0) is 25.8. The van der Waals surface area contributed by atoms with E-state index in [1.54, 1.807) is 12.1 Å². The number of nitrogens with one attached hydrogen (secondary N) is 1. The smallest absolute Gasteiger partial charge is 0.322 e. The predicted molar refractivity (Wildman–Crippen MR) is 150 cm³/mol. The van der Waals surface area contributed by atoms with Gasteiger partial charge in [-0.3, -0.25) is 0 Å². The Hall–Kier alpha value is -3.02. The van der Waals surface area contributed by atoms with Crippen LogP contribution in [0.4, 0.5) is 10.5 Å². The fourth-order valence-electron chi connectivity index (χ4n) is 4.12. The van der Waals surface area contributed by atoms with Gasteiger partial charge in [0.25, 0.3) is 0 Å². The van der Waals surface area contributed by atoms with Crippen LogP contribution < -0.4 is 10.1 Å². The Balaban J connectivity index is 1.65. The first-order valence-corrected chi connectivity index (χ1v) is 13.2. The molecule has 0 aliphatic rings. The topological polar surface area (TPSA) is 44.8 Å². The number of benzene rings is 3. The van der Waals surface area contributed by atoms with Gasteiger partial charge in [0, 0.05) is 23.3 Å². The zero-order valence-electron chi connectivity index (χ0n) is 21.6. The molecule has 0 aromatic heterocycles. The Morgan fingerprint density at radius 1 is 0.944 bits per heavy atom. The number of urea groups is 1. The van der Waals surface area contributed by atoms with Gasteiger partial charge >= 0.3 is 6.03 Å². The van der Waals surface area contributed by atoms with E-state index in [4.69, 9.17) is 16.3 Å². The van der Waals surface area contributed by atoms with Gasteiger partial charge in [-0.05, 0) is 80.9 Å². The molecule has 0 saturated carbocycles. The number of nitrogens with zero attached hydrogens (tertiary/aromatic N) is 2. The molecule has 6 heteroatoms. The second kappa shape index (κ2) is 14.5. The average Bonchev–Trinajstić information content (AvgIpc) is 2.89. The number of hydrogen-bond acceptors (Lipinski definition) is 3. The van der Waals surface area contributed by atoms with Crippen LogP contribution in [0.5, 0.6) is 5.75 Å². The first kappa shape index (κ1) is 27.6. The molecule has 3 aromatic rings. The van der Waals surface area contributed by atoms with Crippen LogP contribution in [0.25, 0.3) is 0 Å². The lowest BCUT2D eigenvalue weighted by Gasteiger charge is -2.30. The second-order valence-corrected chi connectivity index (χ2v) is 9.44. The third-order valence-corrected chi connectivity index (χ3v) is 6.62. The van der Waals surface area contributed by atoms with Crippen molar-refractivity contribution in [3.05, 3.63) is 95.0 Å². The van der Waals surface area contributed by atoms with E-state index in [-0.39, 0.29) is 12.1 Å². The van der Waals surface area contributed by atoms with Crippen LogP contribution in [0.1, 0.15) is 44.7 Å². The standard InChI is InChI=1S/C30H38ClN3O2/c1-4-33(5-2)20-10-11-24(3)34(30(35)32-28-15-9-14-27(31)21-28)22-25-16-18-29(19-17-25)36-23-26-12-7-6-8-13-26/h6-9,12-19,21,24H,4-5,10-11,20,22-23H2,1-3H3,(H,32,35). The summed E-state index contributed by atoms with van der Waals surface area (Å²) in [6, 6.07) is 25.3. The molecule has 2 amide bonds. The Morgan fingerprint density at radius 2 is 1.67 bits per heavy atom. The molecule has 1 atom stereocenters. The number of anilines is 1. The first-order valence-electron chi connectivity index (χ1n) is 12.8. The maximum atomic E-state index is 13.3. The number of rotatable bonds is 13. The van der Waals surface area contributed by atoms with E-state index in [1.807, 2.05) is 71.6 Å². The van der Waals surface area contributed by atoms with Crippen LogP contribution >= 0.6 is 11.6 Å². The van der Waals surface area contributed by atoms with Gasteiger partial charge in [-0.1, -0.05) is 74.0 Å². The highest BCUT2D eigenvalue weighted by molar-refractivity contribution is 6.30. The summed E-state index contributed by atoms with van der Waals surface area (Å²) in [7, 11) is 0. The molecule has 0 heterocycles. The Bertz CT molecular complexity index is 1060. The van der Waals surface area contributed by atoms with Gasteiger partial charge < -0.3 is 19.9 Å². The van der Waals surface area contributed by atoms with Gasteiger partial charge in [-0.25, -0.2) is 4.79 Å². The molecule has 0 saturated heterocycles. The summed E-state index contributed by atoms with van der Waals surface area (Å²) in [5.74, 6) is 0.810. The van der Waals surface area contributed by atoms with Crippen molar-refractivity contribution in [3.63, 3.8) is 0 Å². The van der Waals surface area contributed by atoms with Gasteiger partial charge in [-0.2, -0.15) is 0 Å². The van der Waals surface area contributed by atoms with Crippen molar-refractivity contribution in [1.82, 2.24) is 9.80 Å². The van der Waals surface area contributed by atoms with Crippen LogP contribution in [0, 0.1) is 0 Å². The SMILES string of the molecule is CCN(CC)CCCC(C)N(Cc1ccc(OCc2ccccc2)cc1)C(=O)Nc1cccc(Cl)c1. The van der Waals surface area contributed by atoms with Crippen LogP contribution in [0.3, 0.4) is 0 Å². The predicted octanol–water partition coefficient (Wildman–Crippen LogP) is 7.46. The minimum absolute atomic E-state index is 0.0775. The van der Waals surface area contributed by atoms with E-state index in [2.05, 4.69) is 31.0 Å². The van der Waals surface area contributed by atoms with Gasteiger partial charge in [-0.15, -0.1) is 0 Å². The first-order chi connectivity index (χ1) is 17.5. The van der Waals surface area contributed by atoms with E-state index in [0.29, 0.717) is 23.9 Å². The van der Waals surface area contributed by atoms with Crippen molar-refractivity contribution >= 4 is 23.3 Å². The van der Waals surface area contributed by atoms with Crippen molar-refractivity contribution in [3.8, 4) is 5.75 Å². The summed E-state index contributed by atoms with van der Waals surface area (Å²) < 4.78 is 5.92. The largest absolute Gasteiger partial charge is 0.489 e. The van der Waals surface area contributed by atoms with Crippen LogP contribution in [0.15, 0.2) is 78.9 Å². The lowest BCUT2D eigenvalue weighted by Crippen LogP contribution is -2.41. The molecule has 3 rings (SSSR count). The van der Waals surface area contributed by atoms with E-state index in [0.717, 1.165) is 49.4 Å². The number of halogens is 1. The van der Waals surface area contributed by atoms with E-state index in [9.17, 15) is 4.79 Å². The number of hydrogen-bond donors (Lipinski definition) is 1. The van der Waals surface area contributed by atoms with Crippen LogP contribution in [0.2, 0.25) is 5.02 Å². The van der Waals surface area contributed by atoms with E-state index in [1.165, 1.54) is 0 Å². The van der Waals surface area contributed by atoms with Crippen molar-refractivity contribution in [2.24, 2.45) is 0 Å². The molecule has 5 nitrogen and oxygen atoms in total. The fourth-order valence-corrected chi connectivity index (χ4v) is 4.31. The summed E-state index contributed by atoms with van der Waals surface area (Å²) in [5.41, 5.74) is 2.88. The molecule has 192 valence electrons.